The van der Waals surface area contributed by atoms with Crippen molar-refractivity contribution in [3.8, 4) is 5.75 Å². The zero-order valence-electron chi connectivity index (χ0n) is 18.7. The van der Waals surface area contributed by atoms with Crippen LogP contribution in [0.2, 0.25) is 0 Å². The van der Waals surface area contributed by atoms with Crippen molar-refractivity contribution in [2.45, 2.75) is 68.2 Å². The number of benzene rings is 1. The Labute approximate surface area is 192 Å². The molecule has 2 aliphatic heterocycles. The molecule has 0 radical (unpaired) electrons. The second-order valence-electron chi connectivity index (χ2n) is 9.25. The molecular formula is C23H27F2N3O4S. The Morgan fingerprint density at radius 3 is 2.33 bits per heavy atom. The number of fused-ring (bicyclic) bond motifs is 2. The van der Waals surface area contributed by atoms with E-state index in [1.165, 1.54) is 12.3 Å². The van der Waals surface area contributed by atoms with Crippen molar-refractivity contribution in [3.63, 3.8) is 0 Å². The molecule has 4 rings (SSSR count). The van der Waals surface area contributed by atoms with E-state index in [1.54, 1.807) is 26.0 Å². The minimum atomic E-state index is -3.30. The first-order valence-corrected chi connectivity index (χ1v) is 12.7. The molecule has 2 bridgehead atoms. The van der Waals surface area contributed by atoms with Crippen LogP contribution in [0.5, 0.6) is 5.75 Å². The molecule has 1 unspecified atom stereocenters. The van der Waals surface area contributed by atoms with E-state index in [9.17, 15) is 22.0 Å². The normalized spacial score (nSPS) is 22.8. The lowest BCUT2D eigenvalue weighted by Gasteiger charge is -2.40. The molecule has 7 nitrogen and oxygen atoms in total. The van der Waals surface area contributed by atoms with Crippen LogP contribution in [0.3, 0.4) is 0 Å². The Morgan fingerprint density at radius 2 is 1.79 bits per heavy atom. The van der Waals surface area contributed by atoms with Gasteiger partial charge in [0.05, 0.1) is 4.90 Å². The first-order chi connectivity index (χ1) is 15.4. The molecule has 3 atom stereocenters. The van der Waals surface area contributed by atoms with Crippen molar-refractivity contribution in [1.82, 2.24) is 10.3 Å². The maximum absolute atomic E-state index is 13.5. The fraction of sp³-hybridized carbons (Fsp3) is 0.478. The first-order valence-electron chi connectivity index (χ1n) is 10.8. The van der Waals surface area contributed by atoms with E-state index in [0.29, 0.717) is 0 Å². The van der Waals surface area contributed by atoms with Crippen molar-refractivity contribution in [2.24, 2.45) is 0 Å². The molecule has 1 aromatic heterocycles. The number of pyridine rings is 1. The summed E-state index contributed by atoms with van der Waals surface area (Å²) < 4.78 is 55.7. The van der Waals surface area contributed by atoms with Gasteiger partial charge in [0.2, 0.25) is 0 Å². The lowest BCUT2D eigenvalue weighted by molar-refractivity contribution is -0.135. The molecule has 33 heavy (non-hydrogen) atoms. The number of sulfone groups is 1. The largest absolute Gasteiger partial charge is 0.478 e. The molecule has 3 heterocycles. The van der Waals surface area contributed by atoms with Crippen molar-refractivity contribution < 1.29 is 26.7 Å². The highest BCUT2D eigenvalue weighted by Crippen LogP contribution is 2.39. The van der Waals surface area contributed by atoms with Crippen molar-refractivity contribution in [3.05, 3.63) is 48.2 Å². The summed E-state index contributed by atoms with van der Waals surface area (Å²) in [5.74, 6) is -1.53. The summed E-state index contributed by atoms with van der Waals surface area (Å²) in [5.41, 5.74) is -1.27. The third-order valence-electron chi connectivity index (χ3n) is 6.29. The number of carbonyl (C=O) groups excluding carboxylic acids is 1. The summed E-state index contributed by atoms with van der Waals surface area (Å²) in [5, 5.41) is 3.05. The van der Waals surface area contributed by atoms with Crippen LogP contribution in [0.25, 0.3) is 0 Å². The molecule has 1 amide bonds. The topological polar surface area (TPSA) is 88.6 Å². The van der Waals surface area contributed by atoms with Crippen LogP contribution in [-0.2, 0) is 14.6 Å². The summed E-state index contributed by atoms with van der Waals surface area (Å²) in [7, 11) is -3.30. The van der Waals surface area contributed by atoms with E-state index >= 15 is 0 Å². The van der Waals surface area contributed by atoms with Gasteiger partial charge in [-0.05, 0) is 63.8 Å². The van der Waals surface area contributed by atoms with Crippen LogP contribution in [0.4, 0.5) is 14.6 Å². The molecule has 1 N–H and O–H groups in total. The maximum atomic E-state index is 13.5. The monoisotopic (exact) mass is 479 g/mol. The second-order valence-corrected chi connectivity index (χ2v) is 11.3. The summed E-state index contributed by atoms with van der Waals surface area (Å²) >= 11 is 0. The second kappa shape index (κ2) is 8.55. The maximum Gasteiger partial charge on any atom is 0.263 e. The predicted molar refractivity (Wildman–Crippen MR) is 119 cm³/mol. The van der Waals surface area contributed by atoms with Crippen LogP contribution >= 0.6 is 0 Å². The van der Waals surface area contributed by atoms with E-state index in [2.05, 4.69) is 15.2 Å². The van der Waals surface area contributed by atoms with Crippen LogP contribution in [-0.4, -0.2) is 49.3 Å². The number of nitrogens with one attached hydrogen (secondary N) is 1. The van der Waals surface area contributed by atoms with Gasteiger partial charge in [0.1, 0.15) is 11.6 Å². The smallest absolute Gasteiger partial charge is 0.263 e. The van der Waals surface area contributed by atoms with Crippen LogP contribution in [0, 0.1) is 11.6 Å². The third-order valence-corrected chi connectivity index (χ3v) is 7.39. The van der Waals surface area contributed by atoms with Crippen molar-refractivity contribution >= 4 is 21.6 Å². The van der Waals surface area contributed by atoms with E-state index in [4.69, 9.17) is 4.74 Å². The van der Waals surface area contributed by atoms with E-state index < -0.39 is 27.1 Å². The van der Waals surface area contributed by atoms with E-state index in [0.717, 1.165) is 49.9 Å². The number of aromatic nitrogens is 1. The number of amides is 1. The predicted octanol–water partition coefficient (Wildman–Crippen LogP) is 3.24. The Balaban J connectivity index is 1.40. The van der Waals surface area contributed by atoms with Gasteiger partial charge in [-0.3, -0.25) is 4.79 Å². The Kier molecular flexibility index (Phi) is 6.07. The summed E-state index contributed by atoms with van der Waals surface area (Å²) in [6.07, 6.45) is 5.90. The van der Waals surface area contributed by atoms with Gasteiger partial charge in [-0.2, -0.15) is 0 Å². The summed E-state index contributed by atoms with van der Waals surface area (Å²) in [6.45, 7) is 3.17. The zero-order chi connectivity index (χ0) is 24.0. The molecule has 0 saturated carbocycles. The SMILES string of the molecule is CC(C)(Oc1ccc(F)c(F)c1)C(=O)NC1C[C@H]2CC[C@@H](C1)N2c1ccc(S(C)(=O)=O)cn1. The molecule has 0 aliphatic carbocycles. The highest BCUT2D eigenvalue weighted by molar-refractivity contribution is 7.90. The first kappa shape index (κ1) is 23.4. The van der Waals surface area contributed by atoms with Crippen molar-refractivity contribution in [1.29, 1.82) is 0 Å². The minimum absolute atomic E-state index is 0.0608. The van der Waals surface area contributed by atoms with E-state index in [1.807, 2.05) is 0 Å². The number of hydrogen-bond donors (Lipinski definition) is 1. The molecule has 2 saturated heterocycles. The Morgan fingerprint density at radius 1 is 1.12 bits per heavy atom. The molecule has 0 spiro atoms. The number of halogens is 2. The van der Waals surface area contributed by atoms with Gasteiger partial charge in [0, 0.05) is 36.6 Å². The standard InChI is InChI=1S/C23H27F2N3O4S/c1-23(2,32-17-6-8-19(24)20(25)12-17)22(29)27-14-10-15-4-5-16(11-14)28(15)21-9-7-18(13-26-21)33(3,30)31/h6-9,12-16H,4-5,10-11H2,1-3H3,(H,27,29)/t14?,15-,16+. The molecular weight excluding hydrogens is 452 g/mol. The fourth-order valence-electron chi connectivity index (χ4n) is 4.65. The van der Waals surface area contributed by atoms with Gasteiger partial charge in [0.25, 0.3) is 5.91 Å². The molecule has 10 heteroatoms. The minimum Gasteiger partial charge on any atom is -0.478 e. The molecule has 1 aromatic carbocycles. The number of piperidine rings is 1. The Bertz CT molecular complexity index is 1140. The van der Waals surface area contributed by atoms with Gasteiger partial charge in [-0.25, -0.2) is 22.2 Å². The molecule has 178 valence electrons. The average Bonchev–Trinajstić information content (AvgIpc) is 3.00. The van der Waals surface area contributed by atoms with Gasteiger partial charge in [0.15, 0.2) is 27.1 Å². The fourth-order valence-corrected chi connectivity index (χ4v) is 5.21. The van der Waals surface area contributed by atoms with E-state index in [-0.39, 0.29) is 34.7 Å². The highest BCUT2D eigenvalue weighted by Gasteiger charge is 2.43. The van der Waals surface area contributed by atoms with Gasteiger partial charge < -0.3 is 15.0 Å². The van der Waals surface area contributed by atoms with Crippen LogP contribution in [0.1, 0.15) is 39.5 Å². The number of hydrogen-bond acceptors (Lipinski definition) is 6. The summed E-state index contributed by atoms with van der Waals surface area (Å²) in [6, 6.07) is 6.78. The number of nitrogens with zero attached hydrogens (tertiary/aromatic N) is 2. The van der Waals surface area contributed by atoms with Gasteiger partial charge in [-0.1, -0.05) is 0 Å². The number of rotatable bonds is 6. The Hall–Kier alpha value is -2.75. The highest BCUT2D eigenvalue weighted by atomic mass is 32.2. The number of anilines is 1. The van der Waals surface area contributed by atoms with Crippen molar-refractivity contribution in [2.75, 3.05) is 11.2 Å². The summed E-state index contributed by atoms with van der Waals surface area (Å²) in [4.78, 5) is 19.7. The quantitative estimate of drug-likeness (QED) is 0.685. The van der Waals surface area contributed by atoms with Crippen LogP contribution in [0.15, 0.2) is 41.4 Å². The van der Waals surface area contributed by atoms with Gasteiger partial charge in [-0.15, -0.1) is 0 Å². The lowest BCUT2D eigenvalue weighted by Crippen LogP contribution is -2.55. The molecule has 2 aromatic rings. The van der Waals surface area contributed by atoms with Gasteiger partial charge >= 0.3 is 0 Å². The zero-order valence-corrected chi connectivity index (χ0v) is 19.5. The van der Waals surface area contributed by atoms with Crippen LogP contribution < -0.4 is 15.0 Å². The molecule has 2 aliphatic rings. The number of carbonyl (C=O) groups is 1. The number of ether oxygens (including phenoxy) is 1. The average molecular weight is 480 g/mol. The lowest BCUT2D eigenvalue weighted by atomic mass is 9.96. The third kappa shape index (κ3) is 4.95. The molecule has 2 fully saturated rings.